The van der Waals surface area contributed by atoms with Crippen molar-refractivity contribution in [3.63, 3.8) is 0 Å². The van der Waals surface area contributed by atoms with Gasteiger partial charge in [-0.3, -0.25) is 4.79 Å². The number of fused-ring (bicyclic) bond motifs is 3. The second-order valence-corrected chi connectivity index (χ2v) is 10.5. The predicted octanol–water partition coefficient (Wildman–Crippen LogP) is 4.84. The Labute approximate surface area is 229 Å². The van der Waals surface area contributed by atoms with Gasteiger partial charge in [0.25, 0.3) is 0 Å². The van der Waals surface area contributed by atoms with Crippen molar-refractivity contribution in [1.29, 1.82) is 0 Å². The monoisotopic (exact) mass is 558 g/mol. The van der Waals surface area contributed by atoms with Gasteiger partial charge in [0.2, 0.25) is 5.91 Å². The lowest BCUT2D eigenvalue weighted by Gasteiger charge is -2.36. The average Bonchev–Trinajstić information content (AvgIpc) is 3.27. The first-order valence-corrected chi connectivity index (χ1v) is 13.2. The molecule has 3 atom stereocenters. The summed E-state index contributed by atoms with van der Waals surface area (Å²) < 4.78 is 40.8. The number of aliphatic carboxylic acids is 1. The van der Waals surface area contributed by atoms with E-state index in [0.717, 1.165) is 17.2 Å². The lowest BCUT2D eigenvalue weighted by Crippen LogP contribution is -2.63. The highest BCUT2D eigenvalue weighted by atomic mass is 19.4. The van der Waals surface area contributed by atoms with Crippen LogP contribution in [0.1, 0.15) is 54.6 Å². The number of carbonyl (C=O) groups excluding carboxylic acids is 2. The van der Waals surface area contributed by atoms with Crippen LogP contribution < -0.4 is 16.0 Å². The smallest absolute Gasteiger partial charge is 0.418 e. The molecule has 214 valence electrons. The molecule has 1 aliphatic rings. The van der Waals surface area contributed by atoms with Gasteiger partial charge in [-0.15, -0.1) is 0 Å². The molecule has 0 saturated heterocycles. The zero-order valence-corrected chi connectivity index (χ0v) is 22.5. The van der Waals surface area contributed by atoms with Crippen LogP contribution in [-0.4, -0.2) is 39.6 Å². The normalized spacial score (nSPS) is 18.4. The SMILES string of the molecule is CCC(C)C(NC(=O)NCc1cccc(C)c1)C(=O)N[C@]1(C(=O)O)CCc2[nH]c3c(C(F)(F)F)cccc3c2C1. The number of aryl methyl sites for hydroxylation is 2. The zero-order valence-electron chi connectivity index (χ0n) is 22.5. The van der Waals surface area contributed by atoms with Gasteiger partial charge in [0.15, 0.2) is 0 Å². The number of rotatable bonds is 8. The van der Waals surface area contributed by atoms with Gasteiger partial charge in [0.1, 0.15) is 11.6 Å². The summed E-state index contributed by atoms with van der Waals surface area (Å²) in [6.45, 7) is 5.80. The summed E-state index contributed by atoms with van der Waals surface area (Å²) in [7, 11) is 0. The van der Waals surface area contributed by atoms with Gasteiger partial charge in [-0.25, -0.2) is 9.59 Å². The molecule has 2 unspecified atom stereocenters. The third-order valence-corrected chi connectivity index (χ3v) is 7.70. The Morgan fingerprint density at radius 3 is 2.52 bits per heavy atom. The van der Waals surface area contributed by atoms with Crippen LogP contribution in [0, 0.1) is 12.8 Å². The van der Waals surface area contributed by atoms with Gasteiger partial charge in [-0.2, -0.15) is 13.2 Å². The molecule has 0 bridgehead atoms. The van der Waals surface area contributed by atoms with E-state index in [1.54, 1.807) is 6.92 Å². The number of halogens is 3. The molecule has 5 N–H and O–H groups in total. The van der Waals surface area contributed by atoms with Crippen molar-refractivity contribution in [3.8, 4) is 0 Å². The molecule has 8 nitrogen and oxygen atoms in total. The molecule has 3 amide bonds. The van der Waals surface area contributed by atoms with E-state index in [4.69, 9.17) is 0 Å². The van der Waals surface area contributed by atoms with E-state index in [2.05, 4.69) is 20.9 Å². The molecule has 0 spiro atoms. The van der Waals surface area contributed by atoms with Crippen LogP contribution in [0.15, 0.2) is 42.5 Å². The first kappa shape index (κ1) is 29.0. The first-order valence-electron chi connectivity index (χ1n) is 13.2. The van der Waals surface area contributed by atoms with Gasteiger partial charge >= 0.3 is 18.2 Å². The number of hydrogen-bond acceptors (Lipinski definition) is 3. The quantitative estimate of drug-likeness (QED) is 0.272. The van der Waals surface area contributed by atoms with Gasteiger partial charge in [-0.1, -0.05) is 62.2 Å². The van der Waals surface area contributed by atoms with Crippen molar-refractivity contribution in [2.75, 3.05) is 0 Å². The van der Waals surface area contributed by atoms with E-state index in [1.165, 1.54) is 12.1 Å². The van der Waals surface area contributed by atoms with Crippen LogP contribution in [0.5, 0.6) is 0 Å². The summed E-state index contributed by atoms with van der Waals surface area (Å²) in [4.78, 5) is 41.6. The third kappa shape index (κ3) is 5.93. The molecule has 1 heterocycles. The second kappa shape index (κ2) is 11.2. The van der Waals surface area contributed by atoms with Crippen molar-refractivity contribution in [1.82, 2.24) is 20.9 Å². The fraction of sp³-hybridized carbons (Fsp3) is 0.414. The number of carboxylic acids is 1. The number of urea groups is 1. The maximum atomic E-state index is 13.6. The maximum Gasteiger partial charge on any atom is 0.418 e. The molecule has 2 aromatic carbocycles. The number of carboxylic acid groups (broad SMARTS) is 1. The van der Waals surface area contributed by atoms with Gasteiger partial charge in [-0.05, 0) is 42.9 Å². The number of hydrogen-bond donors (Lipinski definition) is 5. The van der Waals surface area contributed by atoms with Crippen molar-refractivity contribution >= 4 is 28.8 Å². The second-order valence-electron chi connectivity index (χ2n) is 10.5. The third-order valence-electron chi connectivity index (χ3n) is 7.70. The van der Waals surface area contributed by atoms with Crippen LogP contribution in [0.3, 0.4) is 0 Å². The minimum Gasteiger partial charge on any atom is -0.479 e. The lowest BCUT2D eigenvalue weighted by molar-refractivity contribution is -0.148. The van der Waals surface area contributed by atoms with Crippen LogP contribution >= 0.6 is 0 Å². The number of nitrogens with one attached hydrogen (secondary N) is 4. The number of aromatic nitrogens is 1. The van der Waals surface area contributed by atoms with Gasteiger partial charge in [0, 0.05) is 24.0 Å². The van der Waals surface area contributed by atoms with E-state index < -0.39 is 41.2 Å². The summed E-state index contributed by atoms with van der Waals surface area (Å²) in [5, 5.41) is 18.6. The van der Waals surface area contributed by atoms with Crippen LogP contribution in [0.25, 0.3) is 10.9 Å². The molecule has 4 rings (SSSR count). The molecule has 1 aliphatic carbocycles. The van der Waals surface area contributed by atoms with E-state index in [0.29, 0.717) is 17.7 Å². The molecular formula is C29H33F3N4O4. The number of para-hydroxylation sites is 1. The van der Waals surface area contributed by atoms with E-state index >= 15 is 0 Å². The summed E-state index contributed by atoms with van der Waals surface area (Å²) in [5.41, 5.74) is 0.188. The standard InChI is InChI=1S/C29H33F3N4O4/c1-4-17(3)23(35-27(40)33-15-18-8-5-7-16(2)13-18)25(37)36-28(26(38)39)12-11-22-20(14-28)19-9-6-10-21(24(19)34-22)29(30,31)32/h5-10,13,17,23,34H,4,11-12,14-15H2,1-3H3,(H,36,37)(H,38,39)(H2,33,35,40)/t17?,23?,28-/m1/s1. The number of alkyl halides is 3. The molecule has 0 radical (unpaired) electrons. The number of benzene rings is 2. The van der Waals surface area contributed by atoms with E-state index in [-0.39, 0.29) is 42.6 Å². The van der Waals surface area contributed by atoms with Crippen LogP contribution in [0.4, 0.5) is 18.0 Å². The molecule has 0 fully saturated rings. The van der Waals surface area contributed by atoms with Crippen molar-refractivity contribution in [3.05, 3.63) is 70.4 Å². The molecule has 3 aromatic rings. The summed E-state index contributed by atoms with van der Waals surface area (Å²) >= 11 is 0. The van der Waals surface area contributed by atoms with Gasteiger partial charge in [0.05, 0.1) is 11.1 Å². The Morgan fingerprint density at radius 1 is 1.15 bits per heavy atom. The largest absolute Gasteiger partial charge is 0.479 e. The van der Waals surface area contributed by atoms with E-state index in [9.17, 15) is 32.7 Å². The average molecular weight is 559 g/mol. The number of amides is 3. The molecule has 40 heavy (non-hydrogen) atoms. The van der Waals surface area contributed by atoms with Gasteiger partial charge < -0.3 is 26.0 Å². The zero-order chi connectivity index (χ0) is 29.2. The Hall–Kier alpha value is -4.02. The highest BCUT2D eigenvalue weighted by Crippen LogP contribution is 2.40. The predicted molar refractivity (Wildman–Crippen MR) is 144 cm³/mol. The van der Waals surface area contributed by atoms with Crippen LogP contribution in [0.2, 0.25) is 0 Å². The number of aromatic amines is 1. The fourth-order valence-corrected chi connectivity index (χ4v) is 5.26. The first-order chi connectivity index (χ1) is 18.8. The molecule has 0 saturated carbocycles. The maximum absolute atomic E-state index is 13.6. The summed E-state index contributed by atoms with van der Waals surface area (Å²) in [5.74, 6) is -2.28. The fourth-order valence-electron chi connectivity index (χ4n) is 5.26. The number of carbonyl (C=O) groups is 3. The summed E-state index contributed by atoms with van der Waals surface area (Å²) in [6.07, 6.45) is -4.14. The Morgan fingerprint density at radius 2 is 1.88 bits per heavy atom. The minimum atomic E-state index is -4.58. The van der Waals surface area contributed by atoms with Crippen molar-refractivity contribution in [2.45, 2.75) is 70.8 Å². The topological polar surface area (TPSA) is 123 Å². The van der Waals surface area contributed by atoms with Crippen LogP contribution in [-0.2, 0) is 35.2 Å². The molecule has 1 aromatic heterocycles. The lowest BCUT2D eigenvalue weighted by atomic mass is 9.79. The Kier molecular flexibility index (Phi) is 8.13. The summed E-state index contributed by atoms with van der Waals surface area (Å²) in [6, 6.07) is 9.77. The molecule has 11 heteroatoms. The molecule has 0 aliphatic heterocycles. The highest BCUT2D eigenvalue weighted by Gasteiger charge is 2.46. The van der Waals surface area contributed by atoms with Crippen molar-refractivity contribution < 1.29 is 32.7 Å². The Balaban J connectivity index is 1.55. The molecular weight excluding hydrogens is 525 g/mol. The minimum absolute atomic E-state index is 0.0258. The Bertz CT molecular complexity index is 1430. The highest BCUT2D eigenvalue weighted by molar-refractivity contribution is 5.94. The van der Waals surface area contributed by atoms with E-state index in [1.807, 2.05) is 38.1 Å². The number of H-pyrrole nitrogens is 1. The van der Waals surface area contributed by atoms with Crippen molar-refractivity contribution in [2.24, 2.45) is 5.92 Å².